The lowest BCUT2D eigenvalue weighted by atomic mass is 9.30. The molecule has 4 aliphatic heterocycles. The topological polar surface area (TPSA) is 264 Å². The Morgan fingerprint density at radius 1 is 0.651 bits per heavy atom. The van der Waals surface area contributed by atoms with E-state index < -0.39 is 110 Å². The van der Waals surface area contributed by atoms with E-state index in [0.717, 1.165) is 57.7 Å². The number of ether oxygens (including phenoxy) is 7. The van der Waals surface area contributed by atoms with Crippen LogP contribution >= 0.6 is 0 Å². The maximum atomic E-state index is 12.5. The highest BCUT2D eigenvalue weighted by Crippen LogP contribution is 2.80. The van der Waals surface area contributed by atoms with Crippen LogP contribution in [0.15, 0.2) is 0 Å². The maximum absolute atomic E-state index is 12.5. The second-order valence-corrected chi connectivity index (χ2v) is 23.0. The number of carbonyl (C=O) groups is 1. The number of hydrogen-bond acceptors (Lipinski definition) is 17. The van der Waals surface area contributed by atoms with Gasteiger partial charge in [0, 0.05) is 16.2 Å². The van der Waals surface area contributed by atoms with Crippen molar-refractivity contribution in [1.29, 1.82) is 0 Å². The Labute approximate surface area is 369 Å². The Morgan fingerprint density at radius 3 is 2.05 bits per heavy atom. The number of aliphatic hydroxyl groups excluding tert-OH is 9. The lowest BCUT2D eigenvalue weighted by Gasteiger charge is -2.75. The minimum Gasteiger partial charge on any atom is -0.394 e. The molecule has 0 aromatic rings. The van der Waals surface area contributed by atoms with Crippen molar-refractivity contribution in [1.82, 2.24) is 0 Å². The van der Waals surface area contributed by atoms with Crippen molar-refractivity contribution in [2.24, 2.45) is 50.2 Å². The minimum absolute atomic E-state index is 0.0623. The predicted octanol–water partition coefficient (Wildman–Crippen LogP) is 0.282. The van der Waals surface area contributed by atoms with E-state index in [1.54, 1.807) is 0 Å². The molecule has 0 aromatic carbocycles. The van der Waals surface area contributed by atoms with Crippen LogP contribution in [-0.4, -0.2) is 176 Å². The van der Waals surface area contributed by atoms with E-state index in [-0.39, 0.29) is 51.6 Å². The first-order valence-corrected chi connectivity index (χ1v) is 23.6. The fourth-order valence-corrected chi connectivity index (χ4v) is 15.9. The Morgan fingerprint density at radius 2 is 1.33 bits per heavy atom. The quantitative estimate of drug-likeness (QED) is 0.117. The normalized spacial score (nSPS) is 58.8. The van der Waals surface area contributed by atoms with Gasteiger partial charge in [-0.15, -0.1) is 0 Å². The molecule has 9 fully saturated rings. The molecule has 9 aliphatic rings. The van der Waals surface area contributed by atoms with Gasteiger partial charge in [0.15, 0.2) is 18.9 Å². The summed E-state index contributed by atoms with van der Waals surface area (Å²) >= 11 is 0. The van der Waals surface area contributed by atoms with Gasteiger partial charge < -0.3 is 83.9 Å². The SMILES string of the molecule is CC1(C)[C@@H](O[C@@H]2OC[C@H](O[C@@H]3O[C@H](CO)[C@@H](O)[C@H](O)[C@H]3O[C@H]3OC[C@H](O)[C@@H](O)[C@@H]3O)[C@H](O)[C@H]2O)CC[C@]2(C)[C@H]3CC[C@]45OC[C@@]6(CC[C@@](C)(C=O)C[C@H]64)[C@@H](O)C[C@@]5(C)[C@]3(C)CC[C@@H]12. The molecular formula is C46H74O17. The van der Waals surface area contributed by atoms with Crippen molar-refractivity contribution in [2.45, 2.75) is 203 Å². The summed E-state index contributed by atoms with van der Waals surface area (Å²) in [5, 5.41) is 97.3. The Kier molecular flexibility index (Phi) is 12.0. The van der Waals surface area contributed by atoms with Crippen LogP contribution in [0, 0.1) is 50.2 Å². The standard InChI is InChI=1S/C46H74O17/c1-40(2)25-7-11-43(5)26(8-12-46-27-15-41(3,20-48)13-14-45(27,21-59-46)28(50)16-44(43,46)6)42(25,4)10-9-29(40)62-37-35(56)32(53)24(19-58-37)61-39-36(33(54)31(52)23(17-47)60-39)63-38-34(55)30(51)22(49)18-57-38/h20,22-39,47,49-56H,7-19,21H2,1-6H3/t22-,23+,24-,25-,26+,27+,28-,29-,30+,31+,32-,33-,34-,35+,36+,37-,38+,39-,41+,42-,43+,44-,45+,46-/m0/s1. The molecule has 360 valence electrons. The third-order valence-electron chi connectivity index (χ3n) is 19.8. The van der Waals surface area contributed by atoms with Gasteiger partial charge in [-0.05, 0) is 98.2 Å². The maximum Gasteiger partial charge on any atom is 0.187 e. The summed E-state index contributed by atoms with van der Waals surface area (Å²) in [4.78, 5) is 12.5. The molecule has 0 aromatic heterocycles. The molecule has 5 aliphatic carbocycles. The van der Waals surface area contributed by atoms with Crippen LogP contribution in [0.3, 0.4) is 0 Å². The summed E-state index contributed by atoms with van der Waals surface area (Å²) in [7, 11) is 0. The second kappa shape index (κ2) is 16.1. The summed E-state index contributed by atoms with van der Waals surface area (Å²) in [6.45, 7) is 13.0. The number of fused-ring (bicyclic) bond motifs is 4. The van der Waals surface area contributed by atoms with Crippen LogP contribution in [-0.2, 0) is 38.0 Å². The molecule has 63 heavy (non-hydrogen) atoms. The van der Waals surface area contributed by atoms with E-state index in [9.17, 15) is 50.8 Å². The van der Waals surface area contributed by atoms with Crippen LogP contribution < -0.4 is 0 Å². The van der Waals surface area contributed by atoms with Crippen LogP contribution in [0.5, 0.6) is 0 Å². The molecule has 17 nitrogen and oxygen atoms in total. The van der Waals surface area contributed by atoms with Gasteiger partial charge in [0.25, 0.3) is 0 Å². The molecule has 9 N–H and O–H groups in total. The van der Waals surface area contributed by atoms with Crippen molar-refractivity contribution in [3.05, 3.63) is 0 Å². The van der Waals surface area contributed by atoms with Crippen LogP contribution in [0.1, 0.15) is 106 Å². The minimum atomic E-state index is -1.75. The first kappa shape index (κ1) is 47.1. The van der Waals surface area contributed by atoms with Crippen molar-refractivity contribution in [3.8, 4) is 0 Å². The zero-order valence-corrected chi connectivity index (χ0v) is 37.7. The van der Waals surface area contributed by atoms with E-state index in [0.29, 0.717) is 25.4 Å². The molecule has 0 radical (unpaired) electrons. The third kappa shape index (κ3) is 6.71. The van der Waals surface area contributed by atoms with Gasteiger partial charge in [-0.2, -0.15) is 0 Å². The second-order valence-electron chi connectivity index (χ2n) is 23.0. The van der Waals surface area contributed by atoms with Gasteiger partial charge in [-0.3, -0.25) is 0 Å². The molecule has 9 rings (SSSR count). The van der Waals surface area contributed by atoms with Crippen LogP contribution in [0.2, 0.25) is 0 Å². The number of aliphatic hydroxyl groups is 9. The molecular weight excluding hydrogens is 824 g/mol. The average Bonchev–Trinajstić information content (AvgIpc) is 3.52. The van der Waals surface area contributed by atoms with E-state index in [4.69, 9.17) is 33.2 Å². The number of hydrogen-bond donors (Lipinski definition) is 9. The van der Waals surface area contributed by atoms with Crippen molar-refractivity contribution in [2.75, 3.05) is 26.4 Å². The third-order valence-corrected chi connectivity index (χ3v) is 19.8. The molecule has 4 saturated heterocycles. The zero-order chi connectivity index (χ0) is 45.4. The molecule has 0 unspecified atom stereocenters. The van der Waals surface area contributed by atoms with Crippen LogP contribution in [0.4, 0.5) is 0 Å². The summed E-state index contributed by atoms with van der Waals surface area (Å²) in [5.41, 5.74) is -1.95. The van der Waals surface area contributed by atoms with Crippen molar-refractivity contribution < 1.29 is 83.9 Å². The molecule has 2 bridgehead atoms. The van der Waals surface area contributed by atoms with E-state index in [2.05, 4.69) is 41.5 Å². The molecule has 0 amide bonds. The Balaban J connectivity index is 0.881. The van der Waals surface area contributed by atoms with Gasteiger partial charge in [0.05, 0.1) is 44.2 Å². The highest BCUT2D eigenvalue weighted by atomic mass is 16.8. The fourth-order valence-electron chi connectivity index (χ4n) is 15.9. The van der Waals surface area contributed by atoms with Gasteiger partial charge in [-0.25, -0.2) is 0 Å². The summed E-state index contributed by atoms with van der Waals surface area (Å²) in [6.07, 6.45) is -11.1. The van der Waals surface area contributed by atoms with E-state index in [1.165, 1.54) is 0 Å². The lowest BCUT2D eigenvalue weighted by molar-refractivity contribution is -0.378. The summed E-state index contributed by atoms with van der Waals surface area (Å²) < 4.78 is 42.8. The van der Waals surface area contributed by atoms with E-state index in [1.807, 2.05) is 0 Å². The summed E-state index contributed by atoms with van der Waals surface area (Å²) in [6, 6.07) is 0. The smallest absolute Gasteiger partial charge is 0.187 e. The number of carbonyl (C=O) groups excluding carboxylic acids is 1. The molecule has 4 heterocycles. The van der Waals surface area contributed by atoms with Crippen LogP contribution in [0.25, 0.3) is 0 Å². The molecule has 17 heteroatoms. The molecule has 1 spiro atoms. The highest BCUT2D eigenvalue weighted by molar-refractivity contribution is 5.59. The largest absolute Gasteiger partial charge is 0.394 e. The van der Waals surface area contributed by atoms with Gasteiger partial charge in [0.1, 0.15) is 67.3 Å². The number of aldehydes is 1. The molecule has 5 saturated carbocycles. The first-order chi connectivity index (χ1) is 29.6. The van der Waals surface area contributed by atoms with E-state index >= 15 is 0 Å². The predicted molar refractivity (Wildman–Crippen MR) is 218 cm³/mol. The average molecular weight is 899 g/mol. The monoisotopic (exact) mass is 898 g/mol. The van der Waals surface area contributed by atoms with Gasteiger partial charge in [0.2, 0.25) is 0 Å². The van der Waals surface area contributed by atoms with Gasteiger partial charge >= 0.3 is 0 Å². The molecule has 24 atom stereocenters. The first-order valence-electron chi connectivity index (χ1n) is 23.6. The summed E-state index contributed by atoms with van der Waals surface area (Å²) in [5.74, 6) is 0.737. The van der Waals surface area contributed by atoms with Gasteiger partial charge in [-0.1, -0.05) is 41.5 Å². The van der Waals surface area contributed by atoms with Crippen molar-refractivity contribution in [3.63, 3.8) is 0 Å². The number of rotatable bonds is 8. The highest BCUT2D eigenvalue weighted by Gasteiger charge is 2.80. The van der Waals surface area contributed by atoms with Crippen molar-refractivity contribution >= 4 is 6.29 Å². The Bertz CT molecular complexity index is 1700. The Hall–Kier alpha value is -0.970. The zero-order valence-electron chi connectivity index (χ0n) is 37.7. The fraction of sp³-hybridized carbons (Fsp3) is 0.978. The lowest BCUT2D eigenvalue weighted by Crippen LogP contribution is -2.74.